The van der Waals surface area contributed by atoms with Crippen molar-refractivity contribution in [1.82, 2.24) is 49.3 Å². The van der Waals surface area contributed by atoms with E-state index >= 15 is 0 Å². The minimum Gasteiger partial charge on any atom is -0.465 e. The van der Waals surface area contributed by atoms with E-state index in [2.05, 4.69) is 51.0 Å². The number of aldehydes is 1. The lowest BCUT2D eigenvalue weighted by Crippen LogP contribution is -2.01. The van der Waals surface area contributed by atoms with Crippen LogP contribution < -0.4 is 11.5 Å². The quantitative estimate of drug-likeness (QED) is 0.0804. The van der Waals surface area contributed by atoms with Gasteiger partial charge in [0.05, 0.1) is 36.5 Å². The van der Waals surface area contributed by atoms with Crippen molar-refractivity contribution in [3.05, 3.63) is 34.9 Å². The fourth-order valence-electron chi connectivity index (χ4n) is 3.78. The van der Waals surface area contributed by atoms with Crippen LogP contribution in [-0.4, -0.2) is 74.5 Å². The van der Waals surface area contributed by atoms with Gasteiger partial charge in [-0.05, 0) is 13.8 Å². The zero-order valence-electron chi connectivity index (χ0n) is 23.2. The van der Waals surface area contributed by atoms with E-state index in [0.29, 0.717) is 11.4 Å². The van der Waals surface area contributed by atoms with Gasteiger partial charge in [-0.3, -0.25) is 9.59 Å². The van der Waals surface area contributed by atoms with Crippen molar-refractivity contribution in [1.29, 1.82) is 0 Å². The average molecular weight is 607 g/mol. The summed E-state index contributed by atoms with van der Waals surface area (Å²) in [5.74, 6) is -0.957. The lowest BCUT2D eigenvalue weighted by molar-refractivity contribution is -0.104. The third-order valence-corrected chi connectivity index (χ3v) is 6.85. The van der Waals surface area contributed by atoms with Crippen LogP contribution in [0.1, 0.15) is 32.1 Å². The van der Waals surface area contributed by atoms with E-state index in [1.165, 1.54) is 38.2 Å². The van der Waals surface area contributed by atoms with Gasteiger partial charge >= 0.3 is 5.97 Å². The van der Waals surface area contributed by atoms with Gasteiger partial charge in [0.25, 0.3) is 0 Å². The second-order valence-corrected chi connectivity index (χ2v) is 9.65. The smallest absolute Gasteiger partial charge is 0.343 e. The Morgan fingerprint density at radius 2 is 1.30 bits per heavy atom. The molecule has 0 spiro atoms. The molecule has 0 aliphatic carbocycles. The maximum Gasteiger partial charge on any atom is 0.343 e. The molecule has 0 aliphatic heterocycles. The predicted octanol–water partition coefficient (Wildman–Crippen LogP) is 2.16. The number of nitrogens with two attached hydrogens (primary N) is 2. The fraction of sp³-hybridized carbons (Fsp3) is 0.227. The summed E-state index contributed by atoms with van der Waals surface area (Å²) in [7, 11) is 4.40. The standard InChI is InChI=1S/C22H22N16O4S/c1-9-14(27-29-18-11(13(40)8-39)6-25-35(18)3)16(23)37(33-9)21-31-32-22(43-21)38-17(24)15(10(2)34-38)28-30-19-12(20(41)42-5)7-26-36(19)4/h6-8H,23-24H2,1-5H3. The molecule has 0 atom stereocenters. The molecular weight excluding hydrogens is 584 g/mol. The third-order valence-electron chi connectivity index (χ3n) is 5.98. The number of Topliss-reactive ketones (excluding diaryl/α,β-unsaturated/α-hetero) is 1. The largest absolute Gasteiger partial charge is 0.465 e. The molecule has 0 radical (unpaired) electrons. The normalized spacial score (nSPS) is 11.7. The van der Waals surface area contributed by atoms with Crippen LogP contribution >= 0.6 is 11.3 Å². The molecule has 5 aromatic rings. The molecule has 220 valence electrons. The highest BCUT2D eigenvalue weighted by molar-refractivity contribution is 7.16. The minimum absolute atomic E-state index is 0.00568. The number of ketones is 1. The summed E-state index contributed by atoms with van der Waals surface area (Å²) in [5.41, 5.74) is 14.1. The van der Waals surface area contributed by atoms with Crippen LogP contribution in [0, 0.1) is 13.8 Å². The highest BCUT2D eigenvalue weighted by Gasteiger charge is 2.22. The van der Waals surface area contributed by atoms with Crippen LogP contribution in [-0.2, 0) is 23.6 Å². The van der Waals surface area contributed by atoms with Gasteiger partial charge in [0.15, 0.2) is 40.9 Å². The molecule has 0 saturated heterocycles. The molecule has 5 heterocycles. The van der Waals surface area contributed by atoms with Crippen molar-refractivity contribution in [3.8, 4) is 10.3 Å². The summed E-state index contributed by atoms with van der Waals surface area (Å²) in [6.07, 6.45) is 2.71. The van der Waals surface area contributed by atoms with E-state index in [9.17, 15) is 14.4 Å². The Labute approximate surface area is 244 Å². The van der Waals surface area contributed by atoms with Gasteiger partial charge in [0, 0.05) is 14.1 Å². The molecule has 0 bridgehead atoms. The van der Waals surface area contributed by atoms with Crippen molar-refractivity contribution >= 4 is 64.0 Å². The second-order valence-electron chi connectivity index (χ2n) is 8.71. The number of carbonyl (C=O) groups excluding carboxylic acids is 3. The molecule has 0 aromatic carbocycles. The van der Waals surface area contributed by atoms with Crippen molar-refractivity contribution in [2.75, 3.05) is 18.6 Å². The Hall–Kier alpha value is -5.99. The predicted molar refractivity (Wildman–Crippen MR) is 149 cm³/mol. The molecule has 43 heavy (non-hydrogen) atoms. The third kappa shape index (κ3) is 5.03. The van der Waals surface area contributed by atoms with Gasteiger partial charge in [-0.1, -0.05) is 11.3 Å². The fourth-order valence-corrected chi connectivity index (χ4v) is 4.55. The number of aryl methyl sites for hydroxylation is 4. The lowest BCUT2D eigenvalue weighted by Gasteiger charge is -1.99. The molecule has 21 heteroatoms. The number of nitrogens with zero attached hydrogens (tertiary/aromatic N) is 14. The van der Waals surface area contributed by atoms with Crippen LogP contribution in [0.5, 0.6) is 0 Å². The van der Waals surface area contributed by atoms with Gasteiger partial charge in [-0.25, -0.2) is 14.2 Å². The Balaban J connectivity index is 1.44. The average Bonchev–Trinajstić information content (AvgIpc) is 3.80. The number of ether oxygens (including phenoxy) is 1. The first-order valence-corrected chi connectivity index (χ1v) is 12.9. The zero-order valence-corrected chi connectivity index (χ0v) is 24.0. The Kier molecular flexibility index (Phi) is 7.38. The molecule has 0 saturated carbocycles. The maximum absolute atomic E-state index is 12.0. The molecule has 0 fully saturated rings. The number of carbonyl (C=O) groups is 3. The van der Waals surface area contributed by atoms with Crippen LogP contribution in [0.3, 0.4) is 0 Å². The number of methoxy groups -OCH3 is 1. The van der Waals surface area contributed by atoms with Crippen LogP contribution in [0.2, 0.25) is 0 Å². The van der Waals surface area contributed by atoms with Gasteiger partial charge in [0.1, 0.15) is 5.56 Å². The van der Waals surface area contributed by atoms with Crippen LogP contribution in [0.25, 0.3) is 10.3 Å². The molecule has 0 amide bonds. The molecule has 0 aliphatic rings. The highest BCUT2D eigenvalue weighted by Crippen LogP contribution is 2.35. The summed E-state index contributed by atoms with van der Waals surface area (Å²) in [4.78, 5) is 34.8. The second kappa shape index (κ2) is 11.1. The van der Waals surface area contributed by atoms with Crippen molar-refractivity contribution in [2.24, 2.45) is 34.6 Å². The van der Waals surface area contributed by atoms with E-state index in [-0.39, 0.29) is 62.3 Å². The topological polar surface area (TPSA) is 259 Å². The molecule has 5 aromatic heterocycles. The first-order valence-electron chi connectivity index (χ1n) is 12.0. The number of hydrogen-bond donors (Lipinski definition) is 2. The van der Waals surface area contributed by atoms with E-state index in [0.717, 1.165) is 11.3 Å². The van der Waals surface area contributed by atoms with E-state index in [4.69, 9.17) is 16.2 Å². The minimum atomic E-state index is -0.787. The van der Waals surface area contributed by atoms with Gasteiger partial charge in [-0.15, -0.1) is 30.7 Å². The molecule has 4 N–H and O–H groups in total. The van der Waals surface area contributed by atoms with Crippen molar-refractivity contribution in [2.45, 2.75) is 13.8 Å². The maximum atomic E-state index is 12.0. The summed E-state index contributed by atoms with van der Waals surface area (Å²) < 4.78 is 10.1. The molecule has 0 unspecified atom stereocenters. The number of anilines is 2. The van der Waals surface area contributed by atoms with E-state index in [1.54, 1.807) is 27.9 Å². The lowest BCUT2D eigenvalue weighted by atomic mass is 10.2. The zero-order chi connectivity index (χ0) is 31.0. The SMILES string of the molecule is COC(=O)c1cnn(C)c1N=Nc1c(C)nn(-c2nnc(-n3nc(C)c(N=Nc4c(C(=O)C=O)cnn4C)c3N)s2)c1N. The van der Waals surface area contributed by atoms with E-state index in [1.807, 2.05) is 0 Å². The Morgan fingerprint density at radius 3 is 1.77 bits per heavy atom. The van der Waals surface area contributed by atoms with Gasteiger partial charge in [0.2, 0.25) is 16.0 Å². The Bertz CT molecular complexity index is 1950. The van der Waals surface area contributed by atoms with Crippen molar-refractivity contribution < 1.29 is 19.1 Å². The van der Waals surface area contributed by atoms with Crippen molar-refractivity contribution in [3.63, 3.8) is 0 Å². The summed E-state index contributed by atoms with van der Waals surface area (Å²) in [6.45, 7) is 3.33. The first-order chi connectivity index (χ1) is 20.5. The number of hydrogen-bond acceptors (Lipinski definition) is 17. The highest BCUT2D eigenvalue weighted by atomic mass is 32.1. The van der Waals surface area contributed by atoms with Gasteiger partial charge in [-0.2, -0.15) is 29.8 Å². The summed E-state index contributed by atoms with van der Waals surface area (Å²) in [6, 6.07) is 0. The summed E-state index contributed by atoms with van der Waals surface area (Å²) >= 11 is 1.07. The number of nitrogen functional groups attached to an aromatic ring is 2. The Morgan fingerprint density at radius 1 is 0.837 bits per heavy atom. The number of rotatable bonds is 9. The molecule has 20 nitrogen and oxygen atoms in total. The first kappa shape index (κ1) is 28.5. The van der Waals surface area contributed by atoms with E-state index < -0.39 is 11.8 Å². The number of azo groups is 2. The summed E-state index contributed by atoms with van der Waals surface area (Å²) in [5, 5.41) is 42.1. The molecular formula is C22H22N16O4S. The molecule has 5 rings (SSSR count). The number of aromatic nitrogens is 10. The number of esters is 1. The van der Waals surface area contributed by atoms with Crippen LogP contribution in [0.4, 0.5) is 34.6 Å². The van der Waals surface area contributed by atoms with Gasteiger partial charge < -0.3 is 16.2 Å². The van der Waals surface area contributed by atoms with Crippen LogP contribution in [0.15, 0.2) is 32.9 Å². The monoisotopic (exact) mass is 606 g/mol.